The summed E-state index contributed by atoms with van der Waals surface area (Å²) in [6.07, 6.45) is 0.995. The summed E-state index contributed by atoms with van der Waals surface area (Å²) >= 11 is 0. The lowest BCUT2D eigenvalue weighted by atomic mass is 10.1. The van der Waals surface area contributed by atoms with Crippen molar-refractivity contribution in [3.63, 3.8) is 0 Å². The maximum atomic E-state index is 12.9. The highest BCUT2D eigenvalue weighted by molar-refractivity contribution is 5.94. The van der Waals surface area contributed by atoms with Crippen LogP contribution < -0.4 is 15.5 Å². The molecule has 3 aromatic rings. The van der Waals surface area contributed by atoms with Gasteiger partial charge in [-0.3, -0.25) is 4.79 Å². The molecule has 0 saturated heterocycles. The van der Waals surface area contributed by atoms with Gasteiger partial charge in [0.2, 0.25) is 5.91 Å². The Morgan fingerprint density at radius 2 is 1.34 bits per heavy atom. The number of nitrogens with one attached hydrogen (secondary N) is 2. The summed E-state index contributed by atoms with van der Waals surface area (Å²) in [5, 5.41) is 5.49. The van der Waals surface area contributed by atoms with Crippen LogP contribution in [0.15, 0.2) is 91.0 Å². The lowest BCUT2D eigenvalue weighted by Gasteiger charge is -2.23. The fourth-order valence-corrected chi connectivity index (χ4v) is 3.01. The predicted molar refractivity (Wildman–Crippen MR) is 117 cm³/mol. The van der Waals surface area contributed by atoms with E-state index in [1.807, 2.05) is 78.9 Å². The summed E-state index contributed by atoms with van der Waals surface area (Å²) in [5.74, 6) is -0.0212. The number of amides is 3. The van der Waals surface area contributed by atoms with Gasteiger partial charge in [-0.15, -0.1) is 0 Å². The van der Waals surface area contributed by atoms with E-state index in [1.165, 1.54) is 5.56 Å². The molecule has 0 radical (unpaired) electrons. The second kappa shape index (κ2) is 10.7. The van der Waals surface area contributed by atoms with E-state index in [-0.39, 0.29) is 24.9 Å². The van der Waals surface area contributed by atoms with Crippen molar-refractivity contribution in [1.29, 1.82) is 0 Å². The van der Waals surface area contributed by atoms with E-state index in [0.717, 1.165) is 12.1 Å². The molecule has 5 heteroatoms. The molecule has 3 aromatic carbocycles. The van der Waals surface area contributed by atoms with Crippen LogP contribution in [0.3, 0.4) is 0 Å². The smallest absolute Gasteiger partial charge is 0.319 e. The number of para-hydroxylation sites is 2. The molecular weight excluding hydrogens is 362 g/mol. The first-order chi connectivity index (χ1) is 14.2. The Hall–Kier alpha value is -3.60. The molecule has 2 N–H and O–H groups in total. The molecular formula is C24H25N3O2. The molecule has 0 saturated carbocycles. The van der Waals surface area contributed by atoms with E-state index in [4.69, 9.17) is 0 Å². The van der Waals surface area contributed by atoms with Gasteiger partial charge in [0.25, 0.3) is 0 Å². The number of benzene rings is 3. The molecule has 0 aromatic heterocycles. The van der Waals surface area contributed by atoms with Gasteiger partial charge in [-0.1, -0.05) is 66.7 Å². The van der Waals surface area contributed by atoms with Crippen molar-refractivity contribution in [1.82, 2.24) is 5.32 Å². The van der Waals surface area contributed by atoms with E-state index in [0.29, 0.717) is 12.2 Å². The highest BCUT2D eigenvalue weighted by Gasteiger charge is 2.15. The van der Waals surface area contributed by atoms with Gasteiger partial charge in [0.15, 0.2) is 0 Å². The van der Waals surface area contributed by atoms with Crippen LogP contribution in [-0.2, 0) is 11.2 Å². The van der Waals surface area contributed by atoms with E-state index < -0.39 is 0 Å². The Morgan fingerprint density at radius 3 is 2.00 bits per heavy atom. The van der Waals surface area contributed by atoms with Crippen LogP contribution in [0.25, 0.3) is 0 Å². The second-order valence-corrected chi connectivity index (χ2v) is 6.61. The second-order valence-electron chi connectivity index (χ2n) is 6.61. The molecule has 0 spiro atoms. The van der Waals surface area contributed by atoms with Crippen molar-refractivity contribution in [2.24, 2.45) is 0 Å². The minimum absolute atomic E-state index is 0.0212. The Bertz CT molecular complexity index is 899. The number of hydrogen-bond acceptors (Lipinski definition) is 2. The van der Waals surface area contributed by atoms with E-state index in [2.05, 4.69) is 22.8 Å². The average Bonchev–Trinajstić information content (AvgIpc) is 2.76. The van der Waals surface area contributed by atoms with Crippen LogP contribution in [0.4, 0.5) is 16.2 Å². The van der Waals surface area contributed by atoms with Crippen LogP contribution in [-0.4, -0.2) is 25.0 Å². The minimum atomic E-state index is -0.320. The molecule has 0 fully saturated rings. The van der Waals surface area contributed by atoms with Crippen LogP contribution in [0.2, 0.25) is 0 Å². The van der Waals surface area contributed by atoms with E-state index in [9.17, 15) is 9.59 Å². The van der Waals surface area contributed by atoms with Crippen molar-refractivity contribution < 1.29 is 9.59 Å². The van der Waals surface area contributed by atoms with E-state index in [1.54, 1.807) is 4.90 Å². The first kappa shape index (κ1) is 20.1. The summed E-state index contributed by atoms with van der Waals surface area (Å²) in [6.45, 7) is 0.856. The summed E-state index contributed by atoms with van der Waals surface area (Å²) in [5.41, 5.74) is 2.76. The molecule has 0 atom stereocenters. The highest BCUT2D eigenvalue weighted by Crippen LogP contribution is 2.15. The zero-order valence-corrected chi connectivity index (χ0v) is 16.3. The molecule has 0 aliphatic heterocycles. The molecule has 0 heterocycles. The molecule has 29 heavy (non-hydrogen) atoms. The first-order valence-corrected chi connectivity index (χ1v) is 9.71. The molecule has 3 rings (SSSR count). The molecule has 0 bridgehead atoms. The van der Waals surface area contributed by atoms with Crippen molar-refractivity contribution in [2.75, 3.05) is 23.3 Å². The summed E-state index contributed by atoms with van der Waals surface area (Å²) < 4.78 is 0. The van der Waals surface area contributed by atoms with Crippen LogP contribution in [0.5, 0.6) is 0 Å². The van der Waals surface area contributed by atoms with Gasteiger partial charge in [-0.25, -0.2) is 4.79 Å². The number of nitrogens with zero attached hydrogens (tertiary/aromatic N) is 1. The number of rotatable bonds is 8. The van der Waals surface area contributed by atoms with Crippen molar-refractivity contribution in [3.8, 4) is 0 Å². The fourth-order valence-electron chi connectivity index (χ4n) is 3.01. The lowest BCUT2D eigenvalue weighted by molar-refractivity contribution is -0.118. The normalized spacial score (nSPS) is 10.2. The van der Waals surface area contributed by atoms with Gasteiger partial charge in [0.1, 0.15) is 0 Å². The van der Waals surface area contributed by atoms with Gasteiger partial charge in [-0.05, 0) is 36.2 Å². The fraction of sp³-hybridized carbons (Fsp3) is 0.167. The Balaban J connectivity index is 1.54. The van der Waals surface area contributed by atoms with Crippen molar-refractivity contribution in [3.05, 3.63) is 96.6 Å². The zero-order valence-electron chi connectivity index (χ0n) is 16.3. The molecule has 0 unspecified atom stereocenters. The summed E-state index contributed by atoms with van der Waals surface area (Å²) in [4.78, 5) is 26.6. The third-order valence-corrected chi connectivity index (χ3v) is 4.49. The van der Waals surface area contributed by atoms with Gasteiger partial charge < -0.3 is 15.5 Å². The van der Waals surface area contributed by atoms with Gasteiger partial charge >= 0.3 is 6.03 Å². The monoisotopic (exact) mass is 387 g/mol. The van der Waals surface area contributed by atoms with E-state index >= 15 is 0 Å². The SMILES string of the molecule is O=C(NCCC(=O)N(CCc1ccccc1)c1ccccc1)Nc1ccccc1. The number of carbonyl (C=O) groups is 2. The molecule has 0 aliphatic carbocycles. The molecule has 0 aliphatic rings. The van der Waals surface area contributed by atoms with Crippen LogP contribution >= 0.6 is 0 Å². The quantitative estimate of drug-likeness (QED) is 0.599. The minimum Gasteiger partial charge on any atom is -0.337 e. The summed E-state index contributed by atoms with van der Waals surface area (Å²) in [6, 6.07) is 28.6. The third-order valence-electron chi connectivity index (χ3n) is 4.49. The number of anilines is 2. The van der Waals surface area contributed by atoms with Crippen LogP contribution in [0.1, 0.15) is 12.0 Å². The Labute approximate surface area is 171 Å². The third kappa shape index (κ3) is 6.50. The van der Waals surface area contributed by atoms with Gasteiger partial charge in [0, 0.05) is 30.9 Å². The topological polar surface area (TPSA) is 61.4 Å². The van der Waals surface area contributed by atoms with Gasteiger partial charge in [0.05, 0.1) is 0 Å². The molecule has 148 valence electrons. The molecule has 5 nitrogen and oxygen atoms in total. The number of hydrogen-bond donors (Lipinski definition) is 2. The predicted octanol–water partition coefficient (Wildman–Crippen LogP) is 4.47. The average molecular weight is 387 g/mol. The lowest BCUT2D eigenvalue weighted by Crippen LogP contribution is -2.37. The van der Waals surface area contributed by atoms with Gasteiger partial charge in [-0.2, -0.15) is 0 Å². The standard InChI is InChI=1S/C24H25N3O2/c28-23(16-18-25-24(29)26-21-12-6-2-7-13-21)27(22-14-8-3-9-15-22)19-17-20-10-4-1-5-11-20/h1-15H,16-19H2,(H2,25,26,29). The Morgan fingerprint density at radius 1 is 0.759 bits per heavy atom. The highest BCUT2D eigenvalue weighted by atomic mass is 16.2. The van der Waals surface area contributed by atoms with Crippen molar-refractivity contribution >= 4 is 23.3 Å². The largest absolute Gasteiger partial charge is 0.337 e. The maximum absolute atomic E-state index is 12.9. The molecule has 3 amide bonds. The Kier molecular flexibility index (Phi) is 7.41. The van der Waals surface area contributed by atoms with Crippen molar-refractivity contribution in [2.45, 2.75) is 12.8 Å². The van der Waals surface area contributed by atoms with Crippen LogP contribution in [0, 0.1) is 0 Å². The first-order valence-electron chi connectivity index (χ1n) is 9.71. The number of urea groups is 1. The summed E-state index contributed by atoms with van der Waals surface area (Å²) in [7, 11) is 0. The maximum Gasteiger partial charge on any atom is 0.319 e. The number of carbonyl (C=O) groups excluding carboxylic acids is 2. The zero-order chi connectivity index (χ0) is 20.3.